The molecule has 3 heteroatoms. The molecule has 0 saturated carbocycles. The van der Waals surface area contributed by atoms with Gasteiger partial charge < -0.3 is 9.30 Å². The summed E-state index contributed by atoms with van der Waals surface area (Å²) in [7, 11) is -1.30. The number of hydrogen-bond acceptors (Lipinski definition) is 2. The summed E-state index contributed by atoms with van der Waals surface area (Å²) in [5.74, 6) is 0.875. The van der Waals surface area contributed by atoms with Gasteiger partial charge in [-0.25, -0.2) is 0 Å². The van der Waals surface area contributed by atoms with Crippen LogP contribution in [0.5, 0.6) is 0 Å². The molecule has 2 nitrogen and oxygen atoms in total. The largest absolute Gasteiger partial charge is 0.500 e. The van der Waals surface area contributed by atoms with Gasteiger partial charge in [0, 0.05) is 16.5 Å². The molecule has 0 N–H and O–H groups in total. The van der Waals surface area contributed by atoms with Gasteiger partial charge in [0.2, 0.25) is 0 Å². The minimum absolute atomic E-state index is 0.118. The molecule has 0 aromatic heterocycles. The van der Waals surface area contributed by atoms with Crippen molar-refractivity contribution >= 4 is 17.8 Å². The van der Waals surface area contributed by atoms with E-state index in [0.29, 0.717) is 0 Å². The third-order valence-corrected chi connectivity index (χ3v) is 8.57. The molecule has 0 amide bonds. The van der Waals surface area contributed by atoms with Gasteiger partial charge in [-0.15, -0.1) is 0 Å². The average Bonchev–Trinajstić information content (AvgIpc) is 2.80. The van der Waals surface area contributed by atoms with Gasteiger partial charge in [0.1, 0.15) is 5.76 Å². The van der Waals surface area contributed by atoms with Crippen LogP contribution in [0.2, 0.25) is 0 Å². The molecule has 1 aliphatic carbocycles. The van der Waals surface area contributed by atoms with Crippen LogP contribution in [-0.2, 0) is 9.30 Å². The van der Waals surface area contributed by atoms with Gasteiger partial charge in [-0.05, 0) is 11.6 Å². The van der Waals surface area contributed by atoms with Crippen molar-refractivity contribution in [3.8, 4) is 0 Å². The molecule has 28 heavy (non-hydrogen) atoms. The van der Waals surface area contributed by atoms with Crippen molar-refractivity contribution in [3.63, 3.8) is 0 Å². The van der Waals surface area contributed by atoms with E-state index < -0.39 is 7.14 Å². The van der Waals surface area contributed by atoms with E-state index in [9.17, 15) is 4.57 Å². The second-order valence-electron chi connectivity index (χ2n) is 6.87. The lowest BCUT2D eigenvalue weighted by Gasteiger charge is -2.31. The Labute approximate surface area is 166 Å². The van der Waals surface area contributed by atoms with Gasteiger partial charge >= 0.3 is 0 Å². The molecular formula is C25H23O2P. The van der Waals surface area contributed by atoms with Gasteiger partial charge in [-0.1, -0.05) is 103 Å². The maximum absolute atomic E-state index is 14.6. The van der Waals surface area contributed by atoms with Crippen LogP contribution in [0.15, 0.2) is 115 Å². The highest BCUT2D eigenvalue weighted by molar-refractivity contribution is 7.79. The van der Waals surface area contributed by atoms with Crippen molar-refractivity contribution in [3.05, 3.63) is 121 Å². The fourth-order valence-electron chi connectivity index (χ4n) is 3.79. The van der Waals surface area contributed by atoms with E-state index in [1.807, 2.05) is 78.9 Å². The predicted octanol–water partition coefficient (Wildman–Crippen LogP) is 5.25. The van der Waals surface area contributed by atoms with Gasteiger partial charge in [0.05, 0.1) is 12.8 Å². The molecule has 3 aromatic carbocycles. The Morgan fingerprint density at radius 1 is 0.714 bits per heavy atom. The normalized spacial score (nSPS) is 19.1. The third kappa shape index (κ3) is 3.37. The highest BCUT2D eigenvalue weighted by Gasteiger charge is 2.39. The van der Waals surface area contributed by atoms with Crippen molar-refractivity contribution < 1.29 is 9.30 Å². The minimum Gasteiger partial charge on any atom is -0.500 e. The summed E-state index contributed by atoms with van der Waals surface area (Å²) in [4.78, 5) is 0. The molecule has 1 unspecified atom stereocenters. The molecule has 0 spiro atoms. The molecule has 1 aliphatic rings. The quantitative estimate of drug-likeness (QED) is 0.442. The number of hydrogen-bond donors (Lipinski definition) is 0. The monoisotopic (exact) mass is 386 g/mol. The fraction of sp³-hybridized carbons (Fsp3) is 0.120. The van der Waals surface area contributed by atoms with E-state index in [0.717, 1.165) is 16.4 Å². The Kier molecular flexibility index (Phi) is 5.32. The molecule has 2 atom stereocenters. The van der Waals surface area contributed by atoms with E-state index in [2.05, 4.69) is 30.4 Å². The highest BCUT2D eigenvalue weighted by Crippen LogP contribution is 2.53. The summed E-state index contributed by atoms with van der Waals surface area (Å²) in [5, 5.41) is 1.69. The third-order valence-electron chi connectivity index (χ3n) is 5.23. The van der Waals surface area contributed by atoms with Crippen LogP contribution in [0.4, 0.5) is 0 Å². The van der Waals surface area contributed by atoms with Crippen LogP contribution in [0.3, 0.4) is 0 Å². The first-order valence-corrected chi connectivity index (χ1v) is 11.2. The lowest BCUT2D eigenvalue weighted by molar-refractivity contribution is 0.282. The molecule has 0 bridgehead atoms. The molecule has 3 aromatic rings. The van der Waals surface area contributed by atoms with Gasteiger partial charge in [0.25, 0.3) is 0 Å². The summed E-state index contributed by atoms with van der Waals surface area (Å²) >= 11 is 0. The van der Waals surface area contributed by atoms with Gasteiger partial charge in [-0.2, -0.15) is 0 Å². The molecule has 140 valence electrons. The van der Waals surface area contributed by atoms with Crippen molar-refractivity contribution in [2.24, 2.45) is 0 Å². The smallest absolute Gasteiger partial charge is 0.157 e. The van der Waals surface area contributed by atoms with Crippen molar-refractivity contribution in [1.82, 2.24) is 0 Å². The molecular weight excluding hydrogens is 363 g/mol. The molecule has 0 fully saturated rings. The Bertz CT molecular complexity index is 980. The van der Waals surface area contributed by atoms with Crippen LogP contribution in [0.1, 0.15) is 11.5 Å². The zero-order valence-electron chi connectivity index (χ0n) is 15.8. The van der Waals surface area contributed by atoms with E-state index in [-0.39, 0.29) is 11.6 Å². The van der Waals surface area contributed by atoms with Crippen molar-refractivity contribution in [1.29, 1.82) is 0 Å². The zero-order valence-corrected chi connectivity index (χ0v) is 16.7. The van der Waals surface area contributed by atoms with Crippen LogP contribution < -0.4 is 10.6 Å². The van der Waals surface area contributed by atoms with Crippen LogP contribution in [-0.4, -0.2) is 12.8 Å². The Hall–Kier alpha value is -2.83. The second-order valence-corrected chi connectivity index (χ2v) is 9.77. The summed E-state index contributed by atoms with van der Waals surface area (Å²) in [6.45, 7) is 0. The first-order chi connectivity index (χ1) is 13.7. The highest BCUT2D eigenvalue weighted by atomic mass is 31.2. The van der Waals surface area contributed by atoms with Crippen molar-refractivity contribution in [2.45, 2.75) is 11.6 Å². The van der Waals surface area contributed by atoms with E-state index in [1.165, 1.54) is 5.56 Å². The van der Waals surface area contributed by atoms with Crippen LogP contribution in [0, 0.1) is 0 Å². The lowest BCUT2D eigenvalue weighted by Crippen LogP contribution is -2.28. The first-order valence-electron chi connectivity index (χ1n) is 9.43. The molecule has 4 rings (SSSR count). The summed E-state index contributed by atoms with van der Waals surface area (Å²) in [6.07, 6.45) is 6.30. The molecule has 0 radical (unpaired) electrons. The van der Waals surface area contributed by atoms with Gasteiger partial charge in [0.15, 0.2) is 7.14 Å². The van der Waals surface area contributed by atoms with Crippen LogP contribution in [0.25, 0.3) is 0 Å². The Morgan fingerprint density at radius 3 is 1.71 bits per heavy atom. The SMILES string of the molecule is COC1=C[C@@H](c2ccccc2)C=CC1P(=O)(c1ccccc1)c1ccccc1. The summed E-state index contributed by atoms with van der Waals surface area (Å²) < 4.78 is 20.4. The van der Waals surface area contributed by atoms with Crippen LogP contribution >= 0.6 is 7.14 Å². The molecule has 0 aliphatic heterocycles. The molecule has 0 heterocycles. The number of methoxy groups -OCH3 is 1. The van der Waals surface area contributed by atoms with Crippen molar-refractivity contribution in [2.75, 3.05) is 7.11 Å². The Balaban J connectivity index is 1.82. The Morgan fingerprint density at radius 2 is 1.21 bits per heavy atom. The topological polar surface area (TPSA) is 26.3 Å². The minimum atomic E-state index is -2.97. The standard InChI is InChI=1S/C25H23O2P/c1-27-24-19-21(20-11-5-2-6-12-20)17-18-25(24)28(26,22-13-7-3-8-14-22)23-15-9-4-10-16-23/h2-19,21,25H,1H3/t21-,25?/m0/s1. The van der Waals surface area contributed by atoms with E-state index in [4.69, 9.17) is 4.74 Å². The number of allylic oxidation sites excluding steroid dienone is 3. The number of benzene rings is 3. The lowest BCUT2D eigenvalue weighted by atomic mass is 9.94. The van der Waals surface area contributed by atoms with E-state index >= 15 is 0 Å². The number of rotatable bonds is 5. The summed E-state index contributed by atoms with van der Waals surface area (Å²) in [5.41, 5.74) is 0.878. The van der Waals surface area contributed by atoms with Gasteiger partial charge in [-0.3, -0.25) is 0 Å². The van der Waals surface area contributed by atoms with E-state index in [1.54, 1.807) is 7.11 Å². The number of ether oxygens (including phenoxy) is 1. The summed E-state index contributed by atoms with van der Waals surface area (Å²) in [6, 6.07) is 29.8. The average molecular weight is 386 g/mol. The zero-order chi connectivity index (χ0) is 19.4. The maximum Gasteiger partial charge on any atom is 0.157 e. The first kappa shape index (κ1) is 18.5. The fourth-order valence-corrected chi connectivity index (χ4v) is 6.85. The predicted molar refractivity (Wildman–Crippen MR) is 117 cm³/mol. The molecule has 0 saturated heterocycles. The maximum atomic E-state index is 14.6. The second kappa shape index (κ2) is 8.04.